The van der Waals surface area contributed by atoms with Crippen molar-refractivity contribution < 1.29 is 9.21 Å². The van der Waals surface area contributed by atoms with Crippen molar-refractivity contribution >= 4 is 5.91 Å². The zero-order valence-electron chi connectivity index (χ0n) is 10.3. The Morgan fingerprint density at radius 2 is 2.35 bits per heavy atom. The van der Waals surface area contributed by atoms with Gasteiger partial charge in [0, 0.05) is 6.54 Å². The normalized spacial score (nSPS) is 17.2. The monoisotopic (exact) mass is 237 g/mol. The number of carbonyl (C=O) groups is 1. The molecule has 3 N–H and O–H groups in total. The van der Waals surface area contributed by atoms with Crippen molar-refractivity contribution in [1.82, 2.24) is 10.3 Å². The molecule has 1 fully saturated rings. The van der Waals surface area contributed by atoms with Gasteiger partial charge < -0.3 is 15.5 Å². The zero-order chi connectivity index (χ0) is 12.4. The molecule has 0 radical (unpaired) electrons. The SMILES string of the molecule is CC(C)C(N)c1nc(C(=O)NCC2CC2)co1. The van der Waals surface area contributed by atoms with Gasteiger partial charge in [-0.3, -0.25) is 4.79 Å². The molecule has 1 atom stereocenters. The van der Waals surface area contributed by atoms with Crippen LogP contribution in [0.1, 0.15) is 49.1 Å². The van der Waals surface area contributed by atoms with Crippen LogP contribution in [0.3, 0.4) is 0 Å². The summed E-state index contributed by atoms with van der Waals surface area (Å²) < 4.78 is 5.23. The average Bonchev–Trinajstić information content (AvgIpc) is 3.00. The number of rotatable bonds is 5. The van der Waals surface area contributed by atoms with Crippen LogP contribution in [0.15, 0.2) is 10.7 Å². The van der Waals surface area contributed by atoms with E-state index in [2.05, 4.69) is 10.3 Å². The third-order valence-corrected chi connectivity index (χ3v) is 3.01. The fraction of sp³-hybridized carbons (Fsp3) is 0.667. The Bertz CT molecular complexity index is 396. The van der Waals surface area contributed by atoms with Crippen molar-refractivity contribution in [3.05, 3.63) is 17.8 Å². The molecule has 1 aromatic rings. The van der Waals surface area contributed by atoms with Gasteiger partial charge in [0.15, 0.2) is 5.69 Å². The van der Waals surface area contributed by atoms with Crippen LogP contribution < -0.4 is 11.1 Å². The maximum Gasteiger partial charge on any atom is 0.273 e. The highest BCUT2D eigenvalue weighted by molar-refractivity contribution is 5.91. The van der Waals surface area contributed by atoms with E-state index < -0.39 is 0 Å². The Balaban J connectivity index is 1.94. The van der Waals surface area contributed by atoms with Crippen LogP contribution in [0.25, 0.3) is 0 Å². The fourth-order valence-electron chi connectivity index (χ4n) is 1.48. The van der Waals surface area contributed by atoms with E-state index >= 15 is 0 Å². The summed E-state index contributed by atoms with van der Waals surface area (Å²) in [5.74, 6) is 1.14. The summed E-state index contributed by atoms with van der Waals surface area (Å²) >= 11 is 0. The number of oxazole rings is 1. The summed E-state index contributed by atoms with van der Waals surface area (Å²) in [5.41, 5.74) is 6.21. The average molecular weight is 237 g/mol. The molecule has 0 saturated heterocycles. The van der Waals surface area contributed by atoms with Gasteiger partial charge in [0.05, 0.1) is 6.04 Å². The molecular formula is C12H19N3O2. The van der Waals surface area contributed by atoms with E-state index in [1.807, 2.05) is 13.8 Å². The maximum absolute atomic E-state index is 11.7. The Labute approximate surface area is 101 Å². The molecule has 1 aliphatic rings. The number of nitrogens with zero attached hydrogens (tertiary/aromatic N) is 1. The van der Waals surface area contributed by atoms with Gasteiger partial charge in [0.25, 0.3) is 5.91 Å². The van der Waals surface area contributed by atoms with Crippen molar-refractivity contribution in [2.24, 2.45) is 17.6 Å². The molecule has 0 spiro atoms. The molecule has 1 aromatic heterocycles. The predicted molar refractivity (Wildman–Crippen MR) is 63.3 cm³/mol. The third-order valence-electron chi connectivity index (χ3n) is 3.01. The van der Waals surface area contributed by atoms with Crippen molar-refractivity contribution in [3.8, 4) is 0 Å². The van der Waals surface area contributed by atoms with Crippen LogP contribution in [0.5, 0.6) is 0 Å². The van der Waals surface area contributed by atoms with E-state index in [1.54, 1.807) is 0 Å². The minimum absolute atomic E-state index is 0.178. The van der Waals surface area contributed by atoms with E-state index in [-0.39, 0.29) is 17.9 Å². The van der Waals surface area contributed by atoms with E-state index in [0.29, 0.717) is 17.5 Å². The van der Waals surface area contributed by atoms with Crippen LogP contribution in [0.2, 0.25) is 0 Å². The minimum atomic E-state index is -0.264. The summed E-state index contributed by atoms with van der Waals surface area (Å²) in [5, 5.41) is 2.84. The van der Waals surface area contributed by atoms with Crippen molar-refractivity contribution in [2.45, 2.75) is 32.7 Å². The molecule has 0 aliphatic heterocycles. The largest absolute Gasteiger partial charge is 0.446 e. The standard InChI is InChI=1S/C12H19N3O2/c1-7(2)10(13)12-15-9(6-17-12)11(16)14-5-8-3-4-8/h6-8,10H,3-5,13H2,1-2H3,(H,14,16). The number of nitrogens with one attached hydrogen (secondary N) is 1. The number of hydrogen-bond donors (Lipinski definition) is 2. The van der Waals surface area contributed by atoms with Gasteiger partial charge in [-0.15, -0.1) is 0 Å². The van der Waals surface area contributed by atoms with Crippen LogP contribution in [-0.2, 0) is 0 Å². The van der Waals surface area contributed by atoms with Crippen LogP contribution >= 0.6 is 0 Å². The third kappa shape index (κ3) is 3.06. The first-order valence-electron chi connectivity index (χ1n) is 6.07. The summed E-state index contributed by atoms with van der Waals surface area (Å²) in [7, 11) is 0. The summed E-state index contributed by atoms with van der Waals surface area (Å²) in [4.78, 5) is 15.8. The summed E-state index contributed by atoms with van der Waals surface area (Å²) in [6.45, 7) is 4.71. The molecule has 1 saturated carbocycles. The van der Waals surface area contributed by atoms with Crippen LogP contribution in [-0.4, -0.2) is 17.4 Å². The molecule has 1 unspecified atom stereocenters. The van der Waals surface area contributed by atoms with Gasteiger partial charge in [0.2, 0.25) is 5.89 Å². The molecule has 1 heterocycles. The van der Waals surface area contributed by atoms with E-state index in [9.17, 15) is 4.79 Å². The molecule has 5 heteroatoms. The number of amides is 1. The number of hydrogen-bond acceptors (Lipinski definition) is 4. The van der Waals surface area contributed by atoms with Gasteiger partial charge in [-0.2, -0.15) is 0 Å². The van der Waals surface area contributed by atoms with E-state index in [0.717, 1.165) is 6.54 Å². The van der Waals surface area contributed by atoms with Gasteiger partial charge in [0.1, 0.15) is 6.26 Å². The highest BCUT2D eigenvalue weighted by atomic mass is 16.3. The van der Waals surface area contributed by atoms with E-state index in [1.165, 1.54) is 19.1 Å². The molecule has 17 heavy (non-hydrogen) atoms. The predicted octanol–water partition coefficient (Wildman–Crippen LogP) is 1.47. The second-order valence-corrected chi connectivity index (χ2v) is 4.99. The smallest absolute Gasteiger partial charge is 0.273 e. The van der Waals surface area contributed by atoms with Crippen LogP contribution in [0, 0.1) is 11.8 Å². The molecule has 0 aromatic carbocycles. The molecule has 2 rings (SSSR count). The van der Waals surface area contributed by atoms with E-state index in [4.69, 9.17) is 10.2 Å². The van der Waals surface area contributed by atoms with Gasteiger partial charge >= 0.3 is 0 Å². The molecule has 0 bridgehead atoms. The summed E-state index contributed by atoms with van der Waals surface area (Å²) in [6.07, 6.45) is 3.80. The Morgan fingerprint density at radius 3 is 2.94 bits per heavy atom. The Kier molecular flexibility index (Phi) is 3.47. The van der Waals surface area contributed by atoms with Crippen molar-refractivity contribution in [2.75, 3.05) is 6.54 Å². The Hall–Kier alpha value is -1.36. The number of aromatic nitrogens is 1. The second kappa shape index (κ2) is 4.87. The first-order chi connectivity index (χ1) is 8.08. The van der Waals surface area contributed by atoms with Gasteiger partial charge in [-0.25, -0.2) is 4.98 Å². The topological polar surface area (TPSA) is 81.1 Å². The number of carbonyl (C=O) groups excluding carboxylic acids is 1. The quantitative estimate of drug-likeness (QED) is 0.812. The Morgan fingerprint density at radius 1 is 1.65 bits per heavy atom. The summed E-state index contributed by atoms with van der Waals surface area (Å²) in [6, 6.07) is -0.264. The minimum Gasteiger partial charge on any atom is -0.446 e. The van der Waals surface area contributed by atoms with Crippen molar-refractivity contribution in [1.29, 1.82) is 0 Å². The molecule has 1 aliphatic carbocycles. The maximum atomic E-state index is 11.7. The second-order valence-electron chi connectivity index (χ2n) is 4.99. The highest BCUT2D eigenvalue weighted by Gasteiger charge is 2.23. The lowest BCUT2D eigenvalue weighted by Gasteiger charge is -2.10. The van der Waals surface area contributed by atoms with Gasteiger partial charge in [-0.1, -0.05) is 13.8 Å². The fourth-order valence-corrected chi connectivity index (χ4v) is 1.48. The first-order valence-corrected chi connectivity index (χ1v) is 6.07. The number of nitrogens with two attached hydrogens (primary N) is 1. The molecule has 1 amide bonds. The molecule has 94 valence electrons. The lowest BCUT2D eigenvalue weighted by molar-refractivity contribution is 0.0946. The lowest BCUT2D eigenvalue weighted by atomic mass is 10.1. The first kappa shape index (κ1) is 12.1. The highest BCUT2D eigenvalue weighted by Crippen LogP contribution is 2.27. The molecular weight excluding hydrogens is 218 g/mol. The van der Waals surface area contributed by atoms with Gasteiger partial charge in [-0.05, 0) is 24.7 Å². The lowest BCUT2D eigenvalue weighted by Crippen LogP contribution is -2.26. The zero-order valence-corrected chi connectivity index (χ0v) is 10.3. The molecule has 5 nitrogen and oxygen atoms in total. The van der Waals surface area contributed by atoms with Crippen molar-refractivity contribution in [3.63, 3.8) is 0 Å². The van der Waals surface area contributed by atoms with Crippen LogP contribution in [0.4, 0.5) is 0 Å².